The Hall–Kier alpha value is -4.18. The van der Waals surface area contributed by atoms with Crippen LogP contribution in [0, 0.1) is 0 Å². The van der Waals surface area contributed by atoms with Crippen LogP contribution >= 0.6 is 11.6 Å². The molecule has 3 aromatic rings. The van der Waals surface area contributed by atoms with Crippen molar-refractivity contribution in [1.82, 2.24) is 4.98 Å². The lowest BCUT2D eigenvalue weighted by molar-refractivity contribution is -0.274. The van der Waals surface area contributed by atoms with Crippen LogP contribution in [0.1, 0.15) is 20.8 Å². The Morgan fingerprint density at radius 1 is 0.978 bits per heavy atom. The lowest BCUT2D eigenvalue weighted by atomic mass is 9.95. The third kappa shape index (κ3) is 8.11. The predicted octanol–water partition coefficient (Wildman–Crippen LogP) is 4.41. The van der Waals surface area contributed by atoms with Gasteiger partial charge in [-0.1, -0.05) is 23.7 Å². The topological polar surface area (TPSA) is 143 Å². The first-order valence-electron chi connectivity index (χ1n) is 13.3. The molecule has 242 valence electrons. The van der Waals surface area contributed by atoms with Gasteiger partial charge in [0.1, 0.15) is 17.7 Å². The van der Waals surface area contributed by atoms with Gasteiger partial charge in [-0.05, 0) is 49.4 Å². The molecule has 2 heterocycles. The molecule has 1 aliphatic rings. The second-order valence-corrected chi connectivity index (χ2v) is 10.1. The number of fused-ring (bicyclic) bond motifs is 1. The minimum atomic E-state index is -4.96. The zero-order valence-corrected chi connectivity index (χ0v) is 24.9. The molecule has 16 heteroatoms. The van der Waals surface area contributed by atoms with E-state index in [0.29, 0.717) is 10.9 Å². The number of hydrogen-bond acceptors (Lipinski definition) is 12. The summed E-state index contributed by atoms with van der Waals surface area (Å²) in [7, 11) is 1.05. The van der Waals surface area contributed by atoms with Gasteiger partial charge < -0.3 is 33.5 Å². The summed E-state index contributed by atoms with van der Waals surface area (Å²) in [5.74, 6) is -3.20. The van der Waals surface area contributed by atoms with E-state index in [2.05, 4.69) is 9.72 Å². The molecule has 1 aromatic heterocycles. The number of benzene rings is 2. The number of nitrogens with zero attached hydrogens (tertiary/aromatic N) is 2. The standard InChI is InChI=1S/C29H28ClF3N2O10/c1-14(36)41-23-24(42-15(2)37)26(28(39)40-4)44-27(25(23)43-16(3)38)35(18-9-11-19(12-10-18)45-29(31,32)33)21-13-8-17-6-5-7-20(30)22(17)34-21/h5-14,23-27,36H,1-4H3/t14?,23-,24-,25+,26-,27+/m0/s1. The highest BCUT2D eigenvalue weighted by atomic mass is 35.5. The van der Waals surface area contributed by atoms with Crippen molar-refractivity contribution in [3.63, 3.8) is 0 Å². The summed E-state index contributed by atoms with van der Waals surface area (Å²) in [6, 6.07) is 12.8. The number of para-hydroxylation sites is 1. The number of aliphatic hydroxyl groups is 1. The van der Waals surface area contributed by atoms with E-state index in [4.69, 9.17) is 35.3 Å². The third-order valence-corrected chi connectivity index (χ3v) is 6.72. The molecule has 0 amide bonds. The molecule has 0 saturated carbocycles. The molecule has 1 saturated heterocycles. The van der Waals surface area contributed by atoms with Gasteiger partial charge in [-0.3, -0.25) is 14.5 Å². The van der Waals surface area contributed by atoms with Crippen LogP contribution in [0.2, 0.25) is 5.02 Å². The SMILES string of the molecule is COC(=O)[C@H]1O[C@@H](N(c2ccc(OC(F)(F)F)cc2)c2ccc3cccc(Cl)c3n2)[C@H](OC(C)=O)[C@@H](OC(C)O)[C@@H]1OC(C)=O. The van der Waals surface area contributed by atoms with E-state index in [1.54, 1.807) is 24.3 Å². The Balaban J connectivity index is 1.95. The number of aliphatic hydroxyl groups excluding tert-OH is 1. The summed E-state index contributed by atoms with van der Waals surface area (Å²) in [4.78, 5) is 43.5. The maximum atomic E-state index is 13.0. The van der Waals surface area contributed by atoms with Crippen molar-refractivity contribution in [2.24, 2.45) is 0 Å². The molecule has 0 aliphatic carbocycles. The smallest absolute Gasteiger partial charge is 0.467 e. The largest absolute Gasteiger partial charge is 0.573 e. The van der Waals surface area contributed by atoms with E-state index in [0.717, 1.165) is 33.1 Å². The molecular weight excluding hydrogens is 629 g/mol. The molecule has 4 rings (SSSR count). The first-order valence-corrected chi connectivity index (χ1v) is 13.7. The van der Waals surface area contributed by atoms with Crippen LogP contribution in [0.15, 0.2) is 54.6 Å². The lowest BCUT2D eigenvalue weighted by Crippen LogP contribution is -2.66. The van der Waals surface area contributed by atoms with Crippen LogP contribution in [-0.2, 0) is 38.1 Å². The summed E-state index contributed by atoms with van der Waals surface area (Å²) in [5.41, 5.74) is 0.452. The molecule has 0 bridgehead atoms. The number of ether oxygens (including phenoxy) is 6. The second kappa shape index (κ2) is 13.9. The maximum absolute atomic E-state index is 13.0. The fourth-order valence-electron chi connectivity index (χ4n) is 4.81. The number of carbonyl (C=O) groups excluding carboxylic acids is 3. The molecule has 6 atom stereocenters. The lowest BCUT2D eigenvalue weighted by Gasteiger charge is -2.47. The van der Waals surface area contributed by atoms with Crippen molar-refractivity contribution in [3.05, 3.63) is 59.6 Å². The number of rotatable bonds is 9. The van der Waals surface area contributed by atoms with Gasteiger partial charge in [0.2, 0.25) is 0 Å². The molecule has 0 radical (unpaired) electrons. The van der Waals surface area contributed by atoms with Gasteiger partial charge in [-0.15, -0.1) is 13.2 Å². The molecule has 1 fully saturated rings. The molecule has 45 heavy (non-hydrogen) atoms. The van der Waals surface area contributed by atoms with Crippen molar-refractivity contribution in [3.8, 4) is 5.75 Å². The molecule has 1 aliphatic heterocycles. The summed E-state index contributed by atoms with van der Waals surface area (Å²) in [6.07, 6.45) is -14.5. The Kier molecular flexibility index (Phi) is 10.4. The number of halogens is 4. The van der Waals surface area contributed by atoms with Crippen LogP contribution < -0.4 is 9.64 Å². The quantitative estimate of drug-likeness (QED) is 0.198. The fraction of sp³-hybridized carbons (Fsp3) is 0.379. The first kappa shape index (κ1) is 33.7. The van der Waals surface area contributed by atoms with E-state index in [9.17, 15) is 32.7 Å². The molecular formula is C29H28ClF3N2O10. The van der Waals surface area contributed by atoms with Gasteiger partial charge in [0.15, 0.2) is 30.8 Å². The number of pyridine rings is 1. The van der Waals surface area contributed by atoms with Crippen molar-refractivity contribution in [2.75, 3.05) is 12.0 Å². The summed E-state index contributed by atoms with van der Waals surface area (Å²) >= 11 is 6.41. The highest BCUT2D eigenvalue weighted by Crippen LogP contribution is 2.39. The monoisotopic (exact) mass is 656 g/mol. The summed E-state index contributed by atoms with van der Waals surface area (Å²) < 4.78 is 70.4. The van der Waals surface area contributed by atoms with Crippen molar-refractivity contribution < 1.29 is 61.1 Å². The normalized spacial score (nSPS) is 22.3. The first-order chi connectivity index (χ1) is 21.2. The van der Waals surface area contributed by atoms with Gasteiger partial charge in [0.25, 0.3) is 0 Å². The Bertz CT molecular complexity index is 1540. The molecule has 0 spiro atoms. The van der Waals surface area contributed by atoms with Gasteiger partial charge >= 0.3 is 24.3 Å². The second-order valence-electron chi connectivity index (χ2n) is 9.71. The maximum Gasteiger partial charge on any atom is 0.573 e. The number of esters is 3. The van der Waals surface area contributed by atoms with E-state index in [-0.39, 0.29) is 16.5 Å². The Morgan fingerprint density at radius 2 is 1.62 bits per heavy atom. The van der Waals surface area contributed by atoms with Gasteiger partial charge in [0.05, 0.1) is 17.6 Å². The van der Waals surface area contributed by atoms with Crippen LogP contribution in [0.4, 0.5) is 24.7 Å². The zero-order chi connectivity index (χ0) is 33.1. The average molecular weight is 657 g/mol. The molecule has 12 nitrogen and oxygen atoms in total. The number of hydrogen-bond donors (Lipinski definition) is 1. The molecule has 1 unspecified atom stereocenters. The molecule has 1 N–H and O–H groups in total. The van der Waals surface area contributed by atoms with Gasteiger partial charge in [0, 0.05) is 24.9 Å². The summed E-state index contributed by atoms with van der Waals surface area (Å²) in [6.45, 7) is 3.36. The highest BCUT2D eigenvalue weighted by Gasteiger charge is 2.56. The zero-order valence-electron chi connectivity index (χ0n) is 24.2. The van der Waals surface area contributed by atoms with Crippen LogP contribution in [0.3, 0.4) is 0 Å². The summed E-state index contributed by atoms with van der Waals surface area (Å²) in [5, 5.41) is 11.1. The van der Waals surface area contributed by atoms with Crippen molar-refractivity contribution in [1.29, 1.82) is 0 Å². The van der Waals surface area contributed by atoms with Gasteiger partial charge in [-0.2, -0.15) is 0 Å². The average Bonchev–Trinajstić information content (AvgIpc) is 2.95. The minimum Gasteiger partial charge on any atom is -0.467 e. The van der Waals surface area contributed by atoms with E-state index in [1.807, 2.05) is 0 Å². The molecule has 2 aromatic carbocycles. The number of carbonyl (C=O) groups is 3. The van der Waals surface area contributed by atoms with Crippen LogP contribution in [0.25, 0.3) is 10.9 Å². The third-order valence-electron chi connectivity index (χ3n) is 6.41. The van der Waals surface area contributed by atoms with E-state index < -0.39 is 67.0 Å². The number of anilines is 2. The highest BCUT2D eigenvalue weighted by molar-refractivity contribution is 6.35. The Morgan fingerprint density at radius 3 is 2.20 bits per heavy atom. The predicted molar refractivity (Wildman–Crippen MR) is 150 cm³/mol. The van der Waals surface area contributed by atoms with E-state index in [1.165, 1.54) is 30.0 Å². The van der Waals surface area contributed by atoms with Crippen molar-refractivity contribution in [2.45, 2.75) is 64.1 Å². The van der Waals surface area contributed by atoms with Gasteiger partial charge in [-0.25, -0.2) is 9.78 Å². The van der Waals surface area contributed by atoms with Crippen LogP contribution in [0.5, 0.6) is 5.75 Å². The number of aromatic nitrogens is 1. The number of methoxy groups -OCH3 is 1. The number of alkyl halides is 3. The van der Waals surface area contributed by atoms with Crippen molar-refractivity contribution >= 4 is 51.9 Å². The minimum absolute atomic E-state index is 0.0765. The van der Waals surface area contributed by atoms with Crippen LogP contribution in [-0.4, -0.2) is 78.4 Å². The van der Waals surface area contributed by atoms with E-state index >= 15 is 0 Å². The Labute approximate surface area is 259 Å². The fourth-order valence-corrected chi connectivity index (χ4v) is 5.04.